The summed E-state index contributed by atoms with van der Waals surface area (Å²) in [5.74, 6) is 0.157. The van der Waals surface area contributed by atoms with E-state index in [0.717, 1.165) is 5.56 Å². The highest BCUT2D eigenvalue weighted by atomic mass is 35.5. The first-order chi connectivity index (χ1) is 13.9. The van der Waals surface area contributed by atoms with E-state index in [1.165, 1.54) is 18.2 Å². The first kappa shape index (κ1) is 19.0. The summed E-state index contributed by atoms with van der Waals surface area (Å²) in [6.07, 6.45) is 0.0585. The number of nitrogens with zero attached hydrogens (tertiary/aromatic N) is 2. The minimum atomic E-state index is -0.577. The Labute approximate surface area is 170 Å². The smallest absolute Gasteiger partial charge is 0.271 e. The quantitative estimate of drug-likeness (QED) is 0.591. The first-order valence-electron chi connectivity index (χ1n) is 8.82. The molecule has 4 rings (SSSR count). The van der Waals surface area contributed by atoms with Crippen molar-refractivity contribution in [2.45, 2.75) is 13.0 Å². The van der Waals surface area contributed by atoms with E-state index in [2.05, 4.69) is 5.32 Å². The van der Waals surface area contributed by atoms with E-state index < -0.39 is 16.7 Å². The number of ether oxygens (including phenoxy) is 2. The average Bonchev–Trinajstić information content (AvgIpc) is 3.30. The maximum atomic E-state index is 12.6. The van der Waals surface area contributed by atoms with Crippen molar-refractivity contribution < 1.29 is 24.0 Å². The van der Waals surface area contributed by atoms with Crippen LogP contribution in [0.15, 0.2) is 36.4 Å². The number of halogens is 1. The van der Waals surface area contributed by atoms with Gasteiger partial charge in [0, 0.05) is 31.6 Å². The summed E-state index contributed by atoms with van der Waals surface area (Å²) in [7, 11) is 0. The topological polar surface area (TPSA) is 111 Å². The number of nitrogens with one attached hydrogen (secondary N) is 1. The fourth-order valence-corrected chi connectivity index (χ4v) is 3.48. The van der Waals surface area contributed by atoms with Gasteiger partial charge in [0.1, 0.15) is 0 Å². The Morgan fingerprint density at radius 1 is 1.24 bits per heavy atom. The van der Waals surface area contributed by atoms with Gasteiger partial charge in [0.25, 0.3) is 5.69 Å². The third-order valence-electron chi connectivity index (χ3n) is 4.81. The molecular formula is C19H16ClN3O6. The van der Waals surface area contributed by atoms with Crippen LogP contribution in [0.5, 0.6) is 11.5 Å². The Morgan fingerprint density at radius 2 is 2.03 bits per heavy atom. The van der Waals surface area contributed by atoms with Crippen molar-refractivity contribution in [3.05, 3.63) is 57.1 Å². The number of likely N-dealkylation sites (tertiary alicyclic amines) is 1. The molecule has 2 heterocycles. The summed E-state index contributed by atoms with van der Waals surface area (Å²) < 4.78 is 10.6. The second kappa shape index (κ2) is 7.59. The molecule has 9 nitrogen and oxygen atoms in total. The van der Waals surface area contributed by atoms with E-state index in [0.29, 0.717) is 18.0 Å². The molecule has 10 heteroatoms. The predicted molar refractivity (Wildman–Crippen MR) is 103 cm³/mol. The second-order valence-corrected chi connectivity index (χ2v) is 7.18. The lowest BCUT2D eigenvalue weighted by molar-refractivity contribution is -0.384. The fourth-order valence-electron chi connectivity index (χ4n) is 3.32. The lowest BCUT2D eigenvalue weighted by Gasteiger charge is -2.17. The molecule has 1 atom stereocenters. The molecule has 0 radical (unpaired) electrons. The van der Waals surface area contributed by atoms with Gasteiger partial charge in [-0.2, -0.15) is 0 Å². The van der Waals surface area contributed by atoms with Gasteiger partial charge in [0.2, 0.25) is 18.6 Å². The zero-order valence-corrected chi connectivity index (χ0v) is 15.8. The number of fused-ring (bicyclic) bond motifs is 1. The number of hydrogen-bond donors (Lipinski definition) is 1. The minimum Gasteiger partial charge on any atom is -0.454 e. The number of rotatable bonds is 5. The van der Waals surface area contributed by atoms with Crippen LogP contribution in [0.1, 0.15) is 12.0 Å². The highest BCUT2D eigenvalue weighted by Crippen LogP contribution is 2.33. The zero-order chi connectivity index (χ0) is 20.5. The Kier molecular flexibility index (Phi) is 4.98. The molecule has 1 unspecified atom stereocenters. The van der Waals surface area contributed by atoms with Gasteiger partial charge in [-0.15, -0.1) is 0 Å². The van der Waals surface area contributed by atoms with E-state index in [1.807, 2.05) is 12.1 Å². The van der Waals surface area contributed by atoms with Crippen LogP contribution in [0.3, 0.4) is 0 Å². The van der Waals surface area contributed by atoms with Gasteiger partial charge < -0.3 is 19.7 Å². The van der Waals surface area contributed by atoms with E-state index in [1.54, 1.807) is 11.0 Å². The lowest BCUT2D eigenvalue weighted by atomic mass is 10.1. The van der Waals surface area contributed by atoms with Crippen molar-refractivity contribution in [1.29, 1.82) is 0 Å². The normalized spacial score (nSPS) is 17.5. The zero-order valence-electron chi connectivity index (χ0n) is 15.1. The molecule has 0 saturated carbocycles. The SMILES string of the molecule is O=C(Nc1cc([N+](=O)[O-])ccc1Cl)C1CC(=O)N(Cc2ccc3c(c2)OCO3)C1. The number of amides is 2. The lowest BCUT2D eigenvalue weighted by Crippen LogP contribution is -2.28. The van der Waals surface area contributed by atoms with Gasteiger partial charge in [-0.05, 0) is 23.8 Å². The van der Waals surface area contributed by atoms with Crippen molar-refractivity contribution in [2.75, 3.05) is 18.7 Å². The van der Waals surface area contributed by atoms with Crippen LogP contribution in [0.2, 0.25) is 5.02 Å². The number of benzene rings is 2. The van der Waals surface area contributed by atoms with Crippen LogP contribution >= 0.6 is 11.6 Å². The number of carbonyl (C=O) groups excluding carboxylic acids is 2. The van der Waals surface area contributed by atoms with E-state index >= 15 is 0 Å². The molecule has 2 aromatic carbocycles. The summed E-state index contributed by atoms with van der Waals surface area (Å²) in [5.41, 5.74) is 0.828. The summed E-state index contributed by atoms with van der Waals surface area (Å²) >= 11 is 6.03. The summed E-state index contributed by atoms with van der Waals surface area (Å²) in [4.78, 5) is 36.9. The summed E-state index contributed by atoms with van der Waals surface area (Å²) in [6, 6.07) is 9.24. The minimum absolute atomic E-state index is 0.0585. The highest BCUT2D eigenvalue weighted by molar-refractivity contribution is 6.33. The Hall–Kier alpha value is -3.33. The molecule has 1 saturated heterocycles. The van der Waals surface area contributed by atoms with Crippen molar-refractivity contribution in [2.24, 2.45) is 5.92 Å². The number of hydrogen-bond acceptors (Lipinski definition) is 6. The molecule has 1 N–H and O–H groups in total. The van der Waals surface area contributed by atoms with Crippen LogP contribution in [0.4, 0.5) is 11.4 Å². The van der Waals surface area contributed by atoms with Gasteiger partial charge in [-0.25, -0.2) is 0 Å². The number of nitro groups is 1. The van der Waals surface area contributed by atoms with Crippen LogP contribution in [0, 0.1) is 16.0 Å². The molecule has 0 bridgehead atoms. The van der Waals surface area contributed by atoms with Crippen LogP contribution < -0.4 is 14.8 Å². The summed E-state index contributed by atoms with van der Waals surface area (Å²) in [6.45, 7) is 0.756. The molecule has 29 heavy (non-hydrogen) atoms. The Balaban J connectivity index is 1.42. The van der Waals surface area contributed by atoms with E-state index in [4.69, 9.17) is 21.1 Å². The van der Waals surface area contributed by atoms with Gasteiger partial charge in [0.05, 0.1) is 21.6 Å². The predicted octanol–water partition coefficient (Wildman–Crippen LogP) is 2.96. The van der Waals surface area contributed by atoms with Crippen LogP contribution in [0.25, 0.3) is 0 Å². The third kappa shape index (κ3) is 3.95. The van der Waals surface area contributed by atoms with E-state index in [9.17, 15) is 19.7 Å². The van der Waals surface area contributed by atoms with E-state index in [-0.39, 0.29) is 42.1 Å². The fraction of sp³-hybridized carbons (Fsp3) is 0.263. The van der Waals surface area contributed by atoms with Crippen molar-refractivity contribution >= 4 is 34.8 Å². The maximum Gasteiger partial charge on any atom is 0.271 e. The summed E-state index contributed by atoms with van der Waals surface area (Å²) in [5, 5.41) is 13.7. The molecule has 2 amide bonds. The van der Waals surface area contributed by atoms with Crippen molar-refractivity contribution in [3.63, 3.8) is 0 Å². The highest BCUT2D eigenvalue weighted by Gasteiger charge is 2.34. The van der Waals surface area contributed by atoms with Crippen LogP contribution in [-0.2, 0) is 16.1 Å². The molecule has 2 aliphatic heterocycles. The molecule has 0 aliphatic carbocycles. The number of nitro benzene ring substituents is 1. The monoisotopic (exact) mass is 417 g/mol. The largest absolute Gasteiger partial charge is 0.454 e. The maximum absolute atomic E-state index is 12.6. The van der Waals surface area contributed by atoms with Crippen molar-refractivity contribution in [1.82, 2.24) is 4.90 Å². The van der Waals surface area contributed by atoms with Crippen LogP contribution in [-0.4, -0.2) is 35.0 Å². The van der Waals surface area contributed by atoms with Gasteiger partial charge in [-0.3, -0.25) is 19.7 Å². The molecule has 1 fully saturated rings. The second-order valence-electron chi connectivity index (χ2n) is 6.77. The van der Waals surface area contributed by atoms with Gasteiger partial charge >= 0.3 is 0 Å². The molecule has 0 spiro atoms. The molecule has 0 aromatic heterocycles. The number of carbonyl (C=O) groups is 2. The third-order valence-corrected chi connectivity index (χ3v) is 5.14. The average molecular weight is 418 g/mol. The number of anilines is 1. The Bertz CT molecular complexity index is 1010. The Morgan fingerprint density at radius 3 is 2.83 bits per heavy atom. The first-order valence-corrected chi connectivity index (χ1v) is 9.19. The molecule has 150 valence electrons. The molecular weight excluding hydrogens is 402 g/mol. The number of non-ortho nitro benzene ring substituents is 1. The molecule has 2 aromatic rings. The van der Waals surface area contributed by atoms with Gasteiger partial charge in [0.15, 0.2) is 11.5 Å². The van der Waals surface area contributed by atoms with Gasteiger partial charge in [-0.1, -0.05) is 17.7 Å². The molecule has 2 aliphatic rings. The van der Waals surface area contributed by atoms with Crippen molar-refractivity contribution in [3.8, 4) is 11.5 Å². The standard InChI is InChI=1S/C19H16ClN3O6/c20-14-3-2-13(23(26)27)7-15(14)21-19(25)12-6-18(24)22(9-12)8-11-1-4-16-17(5-11)29-10-28-16/h1-5,7,12H,6,8-10H2,(H,21,25).